The number of hydrogen-bond acceptors (Lipinski definition) is 4. The lowest BCUT2D eigenvalue weighted by molar-refractivity contribution is -0.275. The summed E-state index contributed by atoms with van der Waals surface area (Å²) in [5.74, 6) is -1.20. The predicted molar refractivity (Wildman–Crippen MR) is 75.0 cm³/mol. The minimum atomic E-state index is -4.90. The van der Waals surface area contributed by atoms with Crippen LogP contribution in [0.5, 0.6) is 17.2 Å². The summed E-state index contributed by atoms with van der Waals surface area (Å²) in [6, 6.07) is 5.29. The first kappa shape index (κ1) is 16.5. The summed E-state index contributed by atoms with van der Waals surface area (Å²) in [7, 11) is 2.50. The smallest absolute Gasteiger partial charge is 0.494 e. The molecule has 0 spiro atoms. The molecule has 1 heterocycles. The van der Waals surface area contributed by atoms with E-state index in [9.17, 15) is 18.0 Å². The average Bonchev–Trinajstić information content (AvgIpc) is 3.00. The van der Waals surface area contributed by atoms with E-state index in [1.54, 1.807) is 12.3 Å². The number of H-pyrrole nitrogens is 1. The highest BCUT2D eigenvalue weighted by Gasteiger charge is 2.33. The van der Waals surface area contributed by atoms with Crippen molar-refractivity contribution in [1.29, 1.82) is 0 Å². The number of nitrogens with one attached hydrogen (secondary N) is 2. The van der Waals surface area contributed by atoms with Crippen molar-refractivity contribution < 1.29 is 32.2 Å². The van der Waals surface area contributed by atoms with Crippen LogP contribution in [0.2, 0.25) is 0 Å². The van der Waals surface area contributed by atoms with Crippen LogP contribution in [-0.4, -0.2) is 31.5 Å². The molecule has 0 radical (unpaired) electrons. The Morgan fingerprint density at radius 2 is 1.83 bits per heavy atom. The Balaban J connectivity index is 2.37. The SMILES string of the molecule is COc1cc(OC)c(OC(F)(F)F)cc1NC(=O)c1ccc[nH]1. The second-order valence-corrected chi connectivity index (χ2v) is 4.29. The molecule has 0 fully saturated rings. The van der Waals surface area contributed by atoms with Crippen molar-refractivity contribution in [3.05, 3.63) is 36.2 Å². The van der Waals surface area contributed by atoms with E-state index in [-0.39, 0.29) is 22.9 Å². The van der Waals surface area contributed by atoms with Gasteiger partial charge in [-0.3, -0.25) is 4.79 Å². The van der Waals surface area contributed by atoms with Crippen LogP contribution in [-0.2, 0) is 0 Å². The highest BCUT2D eigenvalue weighted by Crippen LogP contribution is 2.40. The van der Waals surface area contributed by atoms with E-state index in [1.165, 1.54) is 26.4 Å². The molecule has 23 heavy (non-hydrogen) atoms. The molecule has 9 heteroatoms. The minimum absolute atomic E-state index is 0.00662. The molecule has 0 atom stereocenters. The third-order valence-electron chi connectivity index (χ3n) is 2.80. The van der Waals surface area contributed by atoms with Gasteiger partial charge in [0.1, 0.15) is 11.4 Å². The van der Waals surface area contributed by atoms with Crippen molar-refractivity contribution in [1.82, 2.24) is 4.98 Å². The topological polar surface area (TPSA) is 72.6 Å². The molecule has 0 aliphatic heterocycles. The normalized spacial score (nSPS) is 11.0. The summed E-state index contributed by atoms with van der Waals surface area (Å²) >= 11 is 0. The van der Waals surface area contributed by atoms with Crippen molar-refractivity contribution in [2.75, 3.05) is 19.5 Å². The number of amides is 1. The van der Waals surface area contributed by atoms with E-state index in [0.29, 0.717) is 0 Å². The van der Waals surface area contributed by atoms with Gasteiger partial charge in [-0.25, -0.2) is 0 Å². The number of methoxy groups -OCH3 is 2. The number of carbonyl (C=O) groups excluding carboxylic acids is 1. The average molecular weight is 330 g/mol. The van der Waals surface area contributed by atoms with E-state index < -0.39 is 18.0 Å². The molecule has 124 valence electrons. The summed E-state index contributed by atoms with van der Waals surface area (Å²) in [5, 5.41) is 2.44. The van der Waals surface area contributed by atoms with Crippen LogP contribution in [0.25, 0.3) is 0 Å². The van der Waals surface area contributed by atoms with Gasteiger partial charge in [0.25, 0.3) is 5.91 Å². The Morgan fingerprint density at radius 3 is 2.35 bits per heavy atom. The number of alkyl halides is 3. The zero-order valence-electron chi connectivity index (χ0n) is 12.2. The number of aromatic amines is 1. The molecule has 2 aromatic rings. The van der Waals surface area contributed by atoms with E-state index in [4.69, 9.17) is 9.47 Å². The van der Waals surface area contributed by atoms with Gasteiger partial charge < -0.3 is 24.5 Å². The van der Waals surface area contributed by atoms with Gasteiger partial charge in [-0.15, -0.1) is 13.2 Å². The fourth-order valence-corrected chi connectivity index (χ4v) is 1.83. The molecular formula is C14H13F3N2O4. The van der Waals surface area contributed by atoms with Crippen molar-refractivity contribution >= 4 is 11.6 Å². The van der Waals surface area contributed by atoms with E-state index in [1.807, 2.05) is 0 Å². The van der Waals surface area contributed by atoms with Gasteiger partial charge in [-0.1, -0.05) is 0 Å². The lowest BCUT2D eigenvalue weighted by atomic mass is 10.2. The van der Waals surface area contributed by atoms with Gasteiger partial charge in [-0.05, 0) is 12.1 Å². The molecular weight excluding hydrogens is 317 g/mol. The van der Waals surface area contributed by atoms with Crippen molar-refractivity contribution in [3.63, 3.8) is 0 Å². The molecule has 1 aromatic carbocycles. The largest absolute Gasteiger partial charge is 0.573 e. The lowest BCUT2D eigenvalue weighted by Gasteiger charge is -2.16. The number of benzene rings is 1. The maximum Gasteiger partial charge on any atom is 0.573 e. The van der Waals surface area contributed by atoms with Gasteiger partial charge in [0.05, 0.1) is 19.9 Å². The van der Waals surface area contributed by atoms with E-state index in [2.05, 4.69) is 15.0 Å². The molecule has 2 N–H and O–H groups in total. The molecule has 6 nitrogen and oxygen atoms in total. The van der Waals surface area contributed by atoms with Crippen LogP contribution in [0.3, 0.4) is 0 Å². The zero-order valence-corrected chi connectivity index (χ0v) is 12.2. The molecule has 0 aliphatic rings. The van der Waals surface area contributed by atoms with Crippen LogP contribution < -0.4 is 19.5 Å². The van der Waals surface area contributed by atoms with Crippen LogP contribution >= 0.6 is 0 Å². The van der Waals surface area contributed by atoms with Gasteiger partial charge in [0, 0.05) is 18.3 Å². The highest BCUT2D eigenvalue weighted by molar-refractivity contribution is 6.04. The van der Waals surface area contributed by atoms with Crippen molar-refractivity contribution in [2.24, 2.45) is 0 Å². The fraction of sp³-hybridized carbons (Fsp3) is 0.214. The Morgan fingerprint density at radius 1 is 1.13 bits per heavy atom. The first-order valence-corrected chi connectivity index (χ1v) is 6.30. The molecule has 0 unspecified atom stereocenters. The van der Waals surface area contributed by atoms with E-state index >= 15 is 0 Å². The molecule has 1 aromatic heterocycles. The van der Waals surface area contributed by atoms with Crippen LogP contribution in [0.15, 0.2) is 30.5 Å². The van der Waals surface area contributed by atoms with Crippen LogP contribution in [0.1, 0.15) is 10.5 Å². The fourth-order valence-electron chi connectivity index (χ4n) is 1.83. The third kappa shape index (κ3) is 4.09. The number of carbonyl (C=O) groups is 1. The summed E-state index contributed by atoms with van der Waals surface area (Å²) in [5.41, 5.74) is 0.244. The number of ether oxygens (including phenoxy) is 3. The van der Waals surface area contributed by atoms with Gasteiger partial charge >= 0.3 is 6.36 Å². The summed E-state index contributed by atoms with van der Waals surface area (Å²) in [6.45, 7) is 0. The Kier molecular flexibility index (Phi) is 4.68. The number of hydrogen-bond donors (Lipinski definition) is 2. The van der Waals surface area contributed by atoms with Crippen LogP contribution in [0, 0.1) is 0 Å². The van der Waals surface area contributed by atoms with Gasteiger partial charge in [-0.2, -0.15) is 0 Å². The number of aromatic nitrogens is 1. The van der Waals surface area contributed by atoms with Gasteiger partial charge in [0.2, 0.25) is 0 Å². The summed E-state index contributed by atoms with van der Waals surface area (Å²) < 4.78 is 51.2. The summed E-state index contributed by atoms with van der Waals surface area (Å²) in [4.78, 5) is 14.7. The molecule has 2 rings (SSSR count). The number of halogens is 3. The maximum atomic E-state index is 12.5. The third-order valence-corrected chi connectivity index (χ3v) is 2.80. The molecule has 0 saturated carbocycles. The predicted octanol–water partition coefficient (Wildman–Crippen LogP) is 3.18. The zero-order chi connectivity index (χ0) is 17.0. The Hall–Kier alpha value is -2.84. The van der Waals surface area contributed by atoms with Gasteiger partial charge in [0.15, 0.2) is 11.5 Å². The first-order chi connectivity index (χ1) is 10.8. The number of anilines is 1. The standard InChI is InChI=1S/C14H13F3N2O4/c1-21-10-7-11(22-2)12(23-14(15,16)17)6-9(10)19-13(20)8-4-3-5-18-8/h3-7,18H,1-2H3,(H,19,20). The Bertz CT molecular complexity index is 684. The Labute approximate surface area is 129 Å². The molecule has 1 amide bonds. The molecule has 0 aliphatic carbocycles. The maximum absolute atomic E-state index is 12.5. The highest BCUT2D eigenvalue weighted by atomic mass is 19.4. The minimum Gasteiger partial charge on any atom is -0.494 e. The monoisotopic (exact) mass is 330 g/mol. The second-order valence-electron chi connectivity index (χ2n) is 4.29. The summed E-state index contributed by atoms with van der Waals surface area (Å²) in [6.07, 6.45) is -3.36. The first-order valence-electron chi connectivity index (χ1n) is 6.30. The molecule has 0 bridgehead atoms. The molecule has 0 saturated heterocycles. The number of rotatable bonds is 5. The van der Waals surface area contributed by atoms with Crippen LogP contribution in [0.4, 0.5) is 18.9 Å². The van der Waals surface area contributed by atoms with Crippen molar-refractivity contribution in [2.45, 2.75) is 6.36 Å². The van der Waals surface area contributed by atoms with Crippen molar-refractivity contribution in [3.8, 4) is 17.2 Å². The quantitative estimate of drug-likeness (QED) is 0.883. The van der Waals surface area contributed by atoms with E-state index in [0.717, 1.165) is 6.07 Å². The second kappa shape index (κ2) is 6.51. The lowest BCUT2D eigenvalue weighted by Crippen LogP contribution is -2.18.